The van der Waals surface area contributed by atoms with Crippen LogP contribution in [0.5, 0.6) is 5.75 Å². The summed E-state index contributed by atoms with van der Waals surface area (Å²) in [5.74, 6) is -6.10. The number of allylic oxidation sites excluding steroid dienone is 1. The molecule has 6 rings (SSSR count). The highest BCUT2D eigenvalue weighted by Gasteiger charge is 2.57. The van der Waals surface area contributed by atoms with Gasteiger partial charge in [-0.25, -0.2) is 4.90 Å². The number of benzene rings is 4. The Hall–Kier alpha value is -4.73. The van der Waals surface area contributed by atoms with Crippen LogP contribution in [0.1, 0.15) is 70.1 Å². The molecule has 1 heterocycles. The van der Waals surface area contributed by atoms with E-state index in [1.807, 2.05) is 73.7 Å². The topological polar surface area (TPSA) is 107 Å². The molecule has 0 aromatic heterocycles. The molecule has 0 unspecified atom stereocenters. The van der Waals surface area contributed by atoms with Crippen LogP contribution in [0.2, 0.25) is 10.1 Å². The molecule has 0 bridgehead atoms. The van der Waals surface area contributed by atoms with Gasteiger partial charge in [0.1, 0.15) is 5.75 Å². The van der Waals surface area contributed by atoms with Crippen LogP contribution in [0.4, 0.5) is 32.0 Å². The zero-order valence-corrected chi connectivity index (χ0v) is 36.3. The van der Waals surface area contributed by atoms with Crippen molar-refractivity contribution in [3.05, 3.63) is 135 Å². The fourth-order valence-corrected chi connectivity index (χ4v) is 13.8. The number of aromatic hydroxyl groups is 1. The molecule has 330 valence electrons. The van der Waals surface area contributed by atoms with Gasteiger partial charge in [0.15, 0.2) is 0 Å². The van der Waals surface area contributed by atoms with Gasteiger partial charge in [-0.2, -0.15) is 26.3 Å². The number of aliphatic hydroxyl groups is 2. The van der Waals surface area contributed by atoms with Gasteiger partial charge in [-0.15, -0.1) is 0 Å². The Morgan fingerprint density at radius 1 is 0.871 bits per heavy atom. The second-order valence-corrected chi connectivity index (χ2v) is 21.5. The Morgan fingerprint density at radius 3 is 1.92 bits per heavy atom. The van der Waals surface area contributed by atoms with E-state index in [1.54, 1.807) is 6.07 Å². The van der Waals surface area contributed by atoms with E-state index in [4.69, 9.17) is 16.0 Å². The lowest BCUT2D eigenvalue weighted by Crippen LogP contribution is -2.66. The molecule has 7 nitrogen and oxygen atoms in total. The van der Waals surface area contributed by atoms with E-state index < -0.39 is 84.8 Å². The van der Waals surface area contributed by atoms with E-state index in [-0.39, 0.29) is 36.8 Å². The number of anilines is 1. The van der Waals surface area contributed by atoms with Crippen molar-refractivity contribution < 1.29 is 55.7 Å². The fraction of sp³-hybridized carbons (Fsp3) is 0.362. The third-order valence-corrected chi connectivity index (χ3v) is 17.3. The number of rotatable bonds is 13. The number of carbonyl (C=O) groups is 2. The van der Waals surface area contributed by atoms with Crippen molar-refractivity contribution in [2.75, 3.05) is 18.1 Å². The van der Waals surface area contributed by atoms with Gasteiger partial charge in [0.25, 0.3) is 8.32 Å². The largest absolute Gasteiger partial charge is 0.508 e. The first-order chi connectivity index (χ1) is 29.1. The number of hydrogen-bond donors (Lipinski definition) is 3. The fourth-order valence-electron chi connectivity index (χ4n) is 9.05. The van der Waals surface area contributed by atoms with Gasteiger partial charge in [0, 0.05) is 5.92 Å². The number of phenols is 1. The molecule has 4 aromatic carbocycles. The highest BCUT2D eigenvalue weighted by Crippen LogP contribution is 2.49. The first kappa shape index (κ1) is 46.8. The minimum Gasteiger partial charge on any atom is -0.508 e. The second-order valence-electron chi connectivity index (χ2n) is 16.8. The molecule has 2 aliphatic rings. The van der Waals surface area contributed by atoms with Crippen LogP contribution in [0.3, 0.4) is 0 Å². The van der Waals surface area contributed by atoms with E-state index in [0.717, 1.165) is 15.9 Å². The summed E-state index contributed by atoms with van der Waals surface area (Å²) in [6, 6.07) is 24.4. The third-order valence-electron chi connectivity index (χ3n) is 12.0. The van der Waals surface area contributed by atoms with Gasteiger partial charge in [0.05, 0.1) is 53.0 Å². The van der Waals surface area contributed by atoms with Gasteiger partial charge in [-0.05, 0) is 94.2 Å². The van der Waals surface area contributed by atoms with E-state index >= 15 is 0 Å². The molecule has 0 spiro atoms. The van der Waals surface area contributed by atoms with Crippen molar-refractivity contribution >= 4 is 53.9 Å². The minimum absolute atomic E-state index is 0.0154. The maximum atomic E-state index is 14.4. The van der Waals surface area contributed by atoms with Crippen LogP contribution in [0, 0.1) is 17.8 Å². The molecule has 15 heteroatoms. The van der Waals surface area contributed by atoms with Gasteiger partial charge in [0.2, 0.25) is 11.8 Å². The molecule has 1 saturated heterocycles. The standard InChI is InChI=1S/C47H48ClF6NO6Si/c1-5-28(20-29-17-18-34(57)25-39(29)48)16-19-40(58)41-30(27-61-62(45(2,3)4,35-12-8-6-9-13-35)36-14-10-7-11-15-36)21-37-42(38(41)26-56)44(60)55(43(37)59)33-23-31(46(49,50)51)22-32(24-33)47(52,53)54/h6-15,17-18,20,22-25,37-38,40,42,56-58H,5,16,19,21,26-27H2,1-4H3/b28-20+/t37-,38+,40-,42-/m1/s1. The highest BCUT2D eigenvalue weighted by molar-refractivity contribution is 6.99. The third kappa shape index (κ3) is 9.30. The van der Waals surface area contributed by atoms with Crippen LogP contribution in [-0.2, 0) is 26.4 Å². The Bertz CT molecular complexity index is 2270. The van der Waals surface area contributed by atoms with Crippen LogP contribution in [-0.4, -0.2) is 54.8 Å². The number of alkyl halides is 6. The average molecular weight is 900 g/mol. The predicted molar refractivity (Wildman–Crippen MR) is 228 cm³/mol. The maximum absolute atomic E-state index is 14.4. The first-order valence-electron chi connectivity index (χ1n) is 20.2. The van der Waals surface area contributed by atoms with Crippen molar-refractivity contribution in [3.8, 4) is 5.75 Å². The molecule has 62 heavy (non-hydrogen) atoms. The molecule has 1 aliphatic heterocycles. The molecule has 1 aliphatic carbocycles. The molecule has 4 aromatic rings. The van der Waals surface area contributed by atoms with Gasteiger partial charge >= 0.3 is 12.4 Å². The van der Waals surface area contributed by atoms with E-state index in [0.29, 0.717) is 46.0 Å². The molecular weight excluding hydrogens is 852 g/mol. The monoisotopic (exact) mass is 899 g/mol. The number of fused-ring (bicyclic) bond motifs is 1. The van der Waals surface area contributed by atoms with Crippen LogP contribution in [0.15, 0.2) is 114 Å². The number of imide groups is 1. The van der Waals surface area contributed by atoms with E-state index in [1.165, 1.54) is 12.1 Å². The zero-order chi connectivity index (χ0) is 45.4. The summed E-state index contributed by atoms with van der Waals surface area (Å²) in [5, 5.41) is 34.8. The zero-order valence-electron chi connectivity index (χ0n) is 34.5. The predicted octanol–water partition coefficient (Wildman–Crippen LogP) is 9.71. The quantitative estimate of drug-likeness (QED) is 0.0535. The first-order valence-corrected chi connectivity index (χ1v) is 22.5. The Labute approximate surface area is 362 Å². The molecule has 0 radical (unpaired) electrons. The molecule has 0 saturated carbocycles. The highest BCUT2D eigenvalue weighted by atomic mass is 35.5. The van der Waals surface area contributed by atoms with Gasteiger partial charge < -0.3 is 19.7 Å². The minimum atomic E-state index is -5.24. The lowest BCUT2D eigenvalue weighted by molar-refractivity contribution is -0.143. The number of hydrogen-bond acceptors (Lipinski definition) is 6. The number of amides is 2. The van der Waals surface area contributed by atoms with E-state index in [2.05, 4.69) is 20.8 Å². The van der Waals surface area contributed by atoms with Crippen LogP contribution >= 0.6 is 11.6 Å². The molecule has 2 amide bonds. The van der Waals surface area contributed by atoms with Crippen molar-refractivity contribution in [1.82, 2.24) is 0 Å². The number of carbonyl (C=O) groups excluding carboxylic acids is 2. The molecule has 4 atom stereocenters. The lowest BCUT2D eigenvalue weighted by atomic mass is 9.68. The Balaban J connectivity index is 1.46. The number of nitrogens with zero attached hydrogens (tertiary/aromatic N) is 1. The maximum Gasteiger partial charge on any atom is 0.416 e. The SMILES string of the molecule is CC/C(=C\c1ccc(O)cc1Cl)CC[C@@H](O)C1=C(CO[Si](c2ccccc2)(c2ccccc2)C(C)(C)C)C[C@H]2C(=O)N(c3cc(C(F)(F)F)cc(C(F)(F)F)c3)C(=O)[C@H]2[C@H]1CO. The Morgan fingerprint density at radius 2 is 1.44 bits per heavy atom. The average Bonchev–Trinajstić information content (AvgIpc) is 3.47. The van der Waals surface area contributed by atoms with E-state index in [9.17, 15) is 51.3 Å². The van der Waals surface area contributed by atoms with Crippen molar-refractivity contribution in [2.45, 2.75) is 76.9 Å². The summed E-state index contributed by atoms with van der Waals surface area (Å²) in [6.07, 6.45) is -9.31. The Kier molecular flexibility index (Phi) is 13.7. The smallest absolute Gasteiger partial charge is 0.416 e. The van der Waals surface area contributed by atoms with Crippen LogP contribution in [0.25, 0.3) is 6.08 Å². The van der Waals surface area contributed by atoms with Crippen molar-refractivity contribution in [3.63, 3.8) is 0 Å². The molecular formula is C47H48ClF6NO6Si. The van der Waals surface area contributed by atoms with Gasteiger partial charge in [-0.3, -0.25) is 9.59 Å². The molecule has 3 N–H and O–H groups in total. The second kappa shape index (κ2) is 18.2. The summed E-state index contributed by atoms with van der Waals surface area (Å²) in [6.45, 7) is 7.11. The summed E-state index contributed by atoms with van der Waals surface area (Å²) >= 11 is 6.38. The van der Waals surface area contributed by atoms with Crippen LogP contribution < -0.4 is 15.3 Å². The number of aliphatic hydroxyl groups excluding tert-OH is 2. The summed E-state index contributed by atoms with van der Waals surface area (Å²) in [4.78, 5) is 29.1. The summed E-state index contributed by atoms with van der Waals surface area (Å²) in [7, 11) is -3.30. The molecule has 1 fully saturated rings. The normalized spacial score (nSPS) is 19.6. The lowest BCUT2D eigenvalue weighted by Gasteiger charge is -2.44. The number of halogens is 7. The van der Waals surface area contributed by atoms with Gasteiger partial charge in [-0.1, -0.05) is 112 Å². The summed E-state index contributed by atoms with van der Waals surface area (Å²) in [5.41, 5.74) is -2.17. The summed E-state index contributed by atoms with van der Waals surface area (Å²) < 4.78 is 91.2. The number of phenolic OH excluding ortho intramolecular Hbond substituents is 1. The van der Waals surface area contributed by atoms with Crippen molar-refractivity contribution in [2.24, 2.45) is 17.8 Å². The van der Waals surface area contributed by atoms with Crippen molar-refractivity contribution in [1.29, 1.82) is 0 Å².